The van der Waals surface area contributed by atoms with Crippen LogP contribution in [0.5, 0.6) is 0 Å². The van der Waals surface area contributed by atoms with Crippen molar-refractivity contribution >= 4 is 26.0 Å². The molecule has 0 spiro atoms. The van der Waals surface area contributed by atoms with Gasteiger partial charge in [0, 0.05) is 13.0 Å². The first-order valence-electron chi connectivity index (χ1n) is 16.4. The van der Waals surface area contributed by atoms with Crippen molar-refractivity contribution in [3.8, 4) is 0 Å². The van der Waals surface area contributed by atoms with Gasteiger partial charge in [0.1, 0.15) is 6.10 Å². The van der Waals surface area contributed by atoms with Crippen LogP contribution in [-0.4, -0.2) is 73.0 Å². The van der Waals surface area contributed by atoms with E-state index in [1.165, 1.54) is 0 Å². The van der Waals surface area contributed by atoms with Gasteiger partial charge in [-0.15, -0.1) is 0 Å². The van der Waals surface area contributed by atoms with Crippen LogP contribution in [0.2, 0.25) is 0 Å². The number of phosphoric ester groups is 2. The van der Waals surface area contributed by atoms with Crippen LogP contribution in [-0.2, 0) is 42.0 Å². The minimum absolute atomic E-state index is 0. The Bertz CT molecular complexity index is 1390. The Morgan fingerprint density at radius 3 is 1.94 bits per heavy atom. The summed E-state index contributed by atoms with van der Waals surface area (Å²) in [4.78, 5) is 37.5. The van der Waals surface area contributed by atoms with Crippen molar-refractivity contribution in [2.75, 3.05) is 7.11 Å². The van der Waals surface area contributed by atoms with Gasteiger partial charge in [0.05, 0.1) is 44.4 Å². The van der Waals surface area contributed by atoms with Gasteiger partial charge in [-0.3, -0.25) is 8.75 Å². The van der Waals surface area contributed by atoms with Crippen LogP contribution in [0, 0.1) is 58.2 Å². The molecule has 2 unspecified atom stereocenters. The molecule has 1 saturated heterocycles. The van der Waals surface area contributed by atoms with Crippen molar-refractivity contribution in [3.63, 3.8) is 0 Å². The summed E-state index contributed by atoms with van der Waals surface area (Å²) in [5.41, 5.74) is -1.74. The average Bonchev–Trinajstić information content (AvgIpc) is 3.18. The summed E-state index contributed by atoms with van der Waals surface area (Å²) < 4.78 is 86.7. The number of aliphatic hydroxyl groups is 2. The Labute approximate surface area is 390 Å². The van der Waals surface area contributed by atoms with Crippen LogP contribution in [0.4, 0.5) is 0 Å². The molecule has 0 amide bonds. The first-order valence-corrected chi connectivity index (χ1v) is 20.6. The first-order chi connectivity index (χ1) is 21.5. The number of fused-ring (bicyclic) bond motifs is 7. The zero-order valence-corrected chi connectivity index (χ0v) is 42.3. The van der Waals surface area contributed by atoms with E-state index in [-0.39, 0.29) is 161 Å². The average molecular weight is 823 g/mol. The molecule has 0 radical (unpaired) electrons. The minimum Gasteiger partial charge on any atom is -0.790 e. The summed E-state index contributed by atoms with van der Waals surface area (Å²) >= 11 is 0. The molecule has 0 bridgehead atoms. The van der Waals surface area contributed by atoms with E-state index in [0.29, 0.717) is 19.3 Å². The van der Waals surface area contributed by atoms with E-state index in [1.54, 1.807) is 6.92 Å². The molecule has 1 heterocycles. The van der Waals surface area contributed by atoms with E-state index < -0.39 is 97.2 Å². The van der Waals surface area contributed by atoms with Crippen LogP contribution in [0.3, 0.4) is 0 Å². The van der Waals surface area contributed by atoms with Gasteiger partial charge < -0.3 is 52.3 Å². The van der Waals surface area contributed by atoms with Gasteiger partial charge >= 0.3 is 118 Å². The molecule has 0 aromatic heterocycles. The third-order valence-electron chi connectivity index (χ3n) is 13.0. The summed E-state index contributed by atoms with van der Waals surface area (Å²) in [5.74, 6) is -3.48. The van der Waals surface area contributed by atoms with E-state index >= 15 is 0 Å². The number of hydrogen-bond acceptors (Lipinski definition) is 15. The van der Waals surface area contributed by atoms with Gasteiger partial charge in [-0.05, 0) is 84.4 Å². The van der Waals surface area contributed by atoms with E-state index in [0.717, 1.165) is 7.11 Å². The Kier molecular flexibility index (Phi) is 19.9. The zero-order valence-electron chi connectivity index (χ0n) is 31.7. The topological polar surface area (TPSA) is 247 Å². The van der Waals surface area contributed by atoms with E-state index in [1.807, 2.05) is 6.92 Å². The molecule has 15 nitrogen and oxygen atoms in total. The predicted octanol–water partition coefficient (Wildman–Crippen LogP) is -10.9. The maximum Gasteiger partial charge on any atom is 1.00 e. The number of hydrogen-bond donors (Lipinski definition) is 2. The molecule has 5 rings (SSSR count). The van der Waals surface area contributed by atoms with E-state index in [4.69, 9.17) is 18.3 Å². The molecule has 4 aliphatic carbocycles. The second-order valence-corrected chi connectivity index (χ2v) is 19.1. The Morgan fingerprint density at radius 2 is 1.43 bits per heavy atom. The summed E-state index contributed by atoms with van der Waals surface area (Å²) in [6.07, 6.45) is -7.35. The molecule has 17 atom stereocenters. The quantitative estimate of drug-likeness (QED) is 0.0949. The van der Waals surface area contributed by atoms with Gasteiger partial charge in [-0.1, -0.05) is 41.5 Å². The largest absolute Gasteiger partial charge is 1.00 e. The van der Waals surface area contributed by atoms with Crippen molar-refractivity contribution in [2.24, 2.45) is 58.2 Å². The number of ether oxygens (including phenoxy) is 1. The van der Waals surface area contributed by atoms with Gasteiger partial charge in [0.15, 0.2) is 0 Å². The number of rotatable bonds is 9. The van der Waals surface area contributed by atoms with E-state index in [2.05, 4.69) is 31.9 Å². The van der Waals surface area contributed by atoms with Crippen molar-refractivity contribution in [1.82, 2.24) is 0 Å². The molecule has 274 valence electrons. The molecule has 0 aromatic carbocycles. The van der Waals surface area contributed by atoms with Crippen LogP contribution in [0.15, 0.2) is 0 Å². The number of aliphatic hydroxyl groups excluding tert-OH is 2. The molecule has 22 heteroatoms. The molecule has 4 saturated carbocycles. The van der Waals surface area contributed by atoms with Crippen LogP contribution < -0.4 is 133 Å². The van der Waals surface area contributed by atoms with Gasteiger partial charge in [-0.25, -0.2) is 8.42 Å². The maximum absolute atomic E-state index is 13.0. The van der Waals surface area contributed by atoms with Crippen molar-refractivity contribution < 1.29 is 188 Å². The summed E-state index contributed by atoms with van der Waals surface area (Å²) in [5, 5.41) is 23.3. The fourth-order valence-electron chi connectivity index (χ4n) is 10.9. The third-order valence-corrected chi connectivity index (χ3v) is 14.9. The predicted molar refractivity (Wildman–Crippen MR) is 157 cm³/mol. The second-order valence-electron chi connectivity index (χ2n) is 15.5. The maximum atomic E-state index is 13.0. The van der Waals surface area contributed by atoms with Crippen LogP contribution >= 0.6 is 15.6 Å². The molecule has 0 aromatic rings. The molecule has 2 N–H and O–H groups in total. The second kappa shape index (κ2) is 19.1. The monoisotopic (exact) mass is 822 g/mol. The zero-order chi connectivity index (χ0) is 35.2. The van der Waals surface area contributed by atoms with Crippen molar-refractivity contribution in [3.05, 3.63) is 0 Å². The standard InChI is InChI=1S/C29H52O15P2S.4Na/c1-13(2)15(4)18-12-14(3)20-26(41-18)27(43-46(35,36)40-7)21-19-16(8-10-29(20,21)6)28(5)11-9-17(44-47(37,38)39)23(30)22(28)24(31)25(19)42-45(32,33)34;;;;/h13-27,30-31H,8-12H2,1-7H3,(H,35,36)(H2,32,33,34)(H,37,38,39);;;;/q;4*+1/p-4/t14-,15+,16+,17-,18?,19-,20+,21-,22-,23+,24+,25-,26+,27+,28-,29-;;;;/m1..../s1. The summed E-state index contributed by atoms with van der Waals surface area (Å²) in [6.45, 7) is 12.1. The molecule has 5 fully saturated rings. The molecule has 51 heavy (non-hydrogen) atoms. The van der Waals surface area contributed by atoms with Gasteiger partial charge in [-0.2, -0.15) is 0 Å². The Morgan fingerprint density at radius 1 is 0.863 bits per heavy atom. The summed E-state index contributed by atoms with van der Waals surface area (Å²) in [7, 11) is -15.0. The molecular weight excluding hydrogens is 774 g/mol. The van der Waals surface area contributed by atoms with Crippen molar-refractivity contribution in [1.29, 1.82) is 0 Å². The summed E-state index contributed by atoms with van der Waals surface area (Å²) in [6, 6.07) is 0. The smallest absolute Gasteiger partial charge is 0.790 e. The van der Waals surface area contributed by atoms with Crippen molar-refractivity contribution in [2.45, 2.75) is 116 Å². The van der Waals surface area contributed by atoms with Gasteiger partial charge in [0.25, 0.3) is 7.82 Å². The Balaban J connectivity index is 0.00000325. The number of phosphoric acid groups is 2. The first kappa shape index (κ1) is 53.0. The van der Waals surface area contributed by atoms with Crippen LogP contribution in [0.25, 0.3) is 0 Å². The third kappa shape index (κ3) is 10.5. The van der Waals surface area contributed by atoms with E-state index in [9.17, 15) is 47.0 Å². The fourth-order valence-corrected chi connectivity index (χ4v) is 12.6. The normalized spacial score (nSPS) is 45.1. The van der Waals surface area contributed by atoms with Gasteiger partial charge in [0.2, 0.25) is 10.4 Å². The Hall–Kier alpha value is 3.97. The van der Waals surface area contributed by atoms with Crippen LogP contribution in [0.1, 0.15) is 73.6 Å². The molecule has 1 aliphatic heterocycles. The minimum atomic E-state index is -5.81. The fraction of sp³-hybridized carbons (Fsp3) is 1.00. The molecule has 5 aliphatic rings. The molecular formula is C29H48Na4O15P2S. The SMILES string of the molecule is COP(=O)([O-])O[C@@H]1[C@H]2OC([C@@H](C)C(C)C)C[C@@H](C)[C@@H]2[C@@]2(C)CC[C@H]3[C@@H]([C@@H](OP(=O)([O-])[O-])[C@@H](O)[C@H]4[C@@H](O)[C@H](OS(=O)(=O)[O-])CC[C@@]43C)[C@H]12.[Na+].[Na+].[Na+].[Na+].